The lowest BCUT2D eigenvalue weighted by atomic mass is 10.1. The van der Waals surface area contributed by atoms with E-state index in [2.05, 4.69) is 0 Å². The van der Waals surface area contributed by atoms with Gasteiger partial charge in [-0.3, -0.25) is 0 Å². The molecule has 1 aromatic rings. The molecule has 0 aliphatic carbocycles. The second-order valence-corrected chi connectivity index (χ2v) is 3.49. The molecule has 1 radical (unpaired) electrons. The number of benzene rings is 1. The average molecular weight is 301 g/mol. The van der Waals surface area contributed by atoms with Crippen molar-refractivity contribution in [2.24, 2.45) is 0 Å². The van der Waals surface area contributed by atoms with E-state index in [1.165, 1.54) is 18.2 Å². The van der Waals surface area contributed by atoms with E-state index in [0.29, 0.717) is 6.61 Å². The zero-order valence-corrected chi connectivity index (χ0v) is 8.43. The molecule has 0 bridgehead atoms. The van der Waals surface area contributed by atoms with Crippen LogP contribution < -0.4 is 0 Å². The second-order valence-electron chi connectivity index (χ2n) is 2.33. The molecule has 1 nitrogen and oxygen atoms in total. The molecule has 0 aliphatic heterocycles. The van der Waals surface area contributed by atoms with Crippen LogP contribution in [-0.2, 0) is 6.18 Å². The van der Waals surface area contributed by atoms with Crippen LogP contribution in [0.25, 0.3) is 0 Å². The van der Waals surface area contributed by atoms with Crippen LogP contribution in [-0.4, -0.2) is 5.11 Å². The van der Waals surface area contributed by atoms with Gasteiger partial charge in [0, 0.05) is 3.57 Å². The molecule has 1 aromatic carbocycles. The highest BCUT2D eigenvalue weighted by molar-refractivity contribution is 14.1. The standard InChI is InChI=1S/C8H5F3IO/c9-8(10,11)7-5(4-13)2-1-3-6(7)12/h1-4,13H. The monoisotopic (exact) mass is 301 g/mol. The van der Waals surface area contributed by atoms with Crippen LogP contribution in [0, 0.1) is 10.2 Å². The van der Waals surface area contributed by atoms with Crippen LogP contribution in [0.15, 0.2) is 18.2 Å². The number of hydrogen-bond acceptors (Lipinski definition) is 1. The summed E-state index contributed by atoms with van der Waals surface area (Å²) in [4.78, 5) is 0. The van der Waals surface area contributed by atoms with Crippen molar-refractivity contribution < 1.29 is 18.3 Å². The minimum absolute atomic E-state index is 0.0768. The molecule has 1 rings (SSSR count). The lowest BCUT2D eigenvalue weighted by Gasteiger charge is -2.12. The third-order valence-electron chi connectivity index (χ3n) is 1.47. The van der Waals surface area contributed by atoms with Crippen molar-refractivity contribution in [3.63, 3.8) is 0 Å². The quantitative estimate of drug-likeness (QED) is 0.790. The van der Waals surface area contributed by atoms with Gasteiger partial charge >= 0.3 is 6.18 Å². The van der Waals surface area contributed by atoms with Crippen LogP contribution in [0.2, 0.25) is 0 Å². The number of alkyl halides is 3. The maximum absolute atomic E-state index is 12.4. The fraction of sp³-hybridized carbons (Fsp3) is 0.125. The van der Waals surface area contributed by atoms with Crippen LogP contribution in [0.5, 0.6) is 0 Å². The van der Waals surface area contributed by atoms with E-state index < -0.39 is 11.7 Å². The van der Waals surface area contributed by atoms with E-state index in [9.17, 15) is 13.2 Å². The van der Waals surface area contributed by atoms with E-state index in [-0.39, 0.29) is 9.13 Å². The SMILES string of the molecule is O[CH]c1cccc(I)c1C(F)(F)F. The van der Waals surface area contributed by atoms with Gasteiger partial charge in [-0.1, -0.05) is 12.1 Å². The summed E-state index contributed by atoms with van der Waals surface area (Å²) in [7, 11) is 0. The van der Waals surface area contributed by atoms with E-state index in [0.717, 1.165) is 0 Å². The van der Waals surface area contributed by atoms with Gasteiger partial charge in [0.2, 0.25) is 0 Å². The molecule has 0 aromatic heterocycles. The summed E-state index contributed by atoms with van der Waals surface area (Å²) in [6.07, 6.45) is -4.42. The molecule has 13 heavy (non-hydrogen) atoms. The Balaban J connectivity index is 3.32. The van der Waals surface area contributed by atoms with Crippen LogP contribution in [0.1, 0.15) is 11.1 Å². The highest BCUT2D eigenvalue weighted by atomic mass is 127. The van der Waals surface area contributed by atoms with Crippen molar-refractivity contribution in [3.8, 4) is 0 Å². The minimum atomic E-state index is -4.42. The second kappa shape index (κ2) is 3.83. The van der Waals surface area contributed by atoms with Gasteiger partial charge in [0.25, 0.3) is 0 Å². The first kappa shape index (κ1) is 10.8. The van der Waals surface area contributed by atoms with Crippen molar-refractivity contribution in [2.75, 3.05) is 0 Å². The highest BCUT2D eigenvalue weighted by Gasteiger charge is 2.35. The summed E-state index contributed by atoms with van der Waals surface area (Å²) in [5.74, 6) is 0. The van der Waals surface area contributed by atoms with Gasteiger partial charge in [0.05, 0.1) is 5.56 Å². The smallest absolute Gasteiger partial charge is 0.385 e. The Labute approximate surface area is 86.7 Å². The number of aliphatic hydroxyl groups is 1. The molecule has 0 spiro atoms. The normalized spacial score (nSPS) is 11.8. The molecule has 0 saturated carbocycles. The van der Waals surface area contributed by atoms with Gasteiger partial charge in [0.15, 0.2) is 0 Å². The summed E-state index contributed by atoms with van der Waals surface area (Å²) in [6, 6.07) is 4.01. The summed E-state index contributed by atoms with van der Waals surface area (Å²) in [5, 5.41) is 8.58. The maximum atomic E-state index is 12.4. The van der Waals surface area contributed by atoms with Crippen molar-refractivity contribution >= 4 is 22.6 Å². The maximum Gasteiger partial charge on any atom is 0.417 e. The summed E-state index contributed by atoms with van der Waals surface area (Å²) in [6.45, 7) is 0.463. The molecule has 0 fully saturated rings. The van der Waals surface area contributed by atoms with Gasteiger partial charge in [0.1, 0.15) is 6.61 Å². The average Bonchev–Trinajstić information content (AvgIpc) is 2.01. The van der Waals surface area contributed by atoms with E-state index in [1.54, 1.807) is 22.6 Å². The fourth-order valence-electron chi connectivity index (χ4n) is 0.947. The first-order valence-electron chi connectivity index (χ1n) is 3.30. The molecule has 0 unspecified atom stereocenters. The number of rotatable bonds is 1. The summed E-state index contributed by atoms with van der Waals surface area (Å²) < 4.78 is 37.2. The topological polar surface area (TPSA) is 20.2 Å². The third kappa shape index (κ3) is 2.34. The fourth-order valence-corrected chi connectivity index (χ4v) is 1.77. The Morgan fingerprint density at radius 1 is 1.31 bits per heavy atom. The molecule has 0 heterocycles. The number of aliphatic hydroxyl groups excluding tert-OH is 1. The van der Waals surface area contributed by atoms with Crippen LogP contribution >= 0.6 is 22.6 Å². The zero-order chi connectivity index (χ0) is 10.1. The minimum Gasteiger partial charge on any atom is -0.385 e. The molecule has 0 aliphatic rings. The summed E-state index contributed by atoms with van der Waals surface area (Å²) in [5.41, 5.74) is -1.00. The third-order valence-corrected chi connectivity index (χ3v) is 2.37. The van der Waals surface area contributed by atoms with E-state index >= 15 is 0 Å². The predicted molar refractivity (Wildman–Crippen MR) is 49.5 cm³/mol. The van der Waals surface area contributed by atoms with Gasteiger partial charge < -0.3 is 5.11 Å². The largest absolute Gasteiger partial charge is 0.417 e. The molecular formula is C8H5F3IO. The van der Waals surface area contributed by atoms with E-state index in [4.69, 9.17) is 5.11 Å². The van der Waals surface area contributed by atoms with Crippen molar-refractivity contribution in [3.05, 3.63) is 39.5 Å². The van der Waals surface area contributed by atoms with E-state index in [1.807, 2.05) is 0 Å². The van der Waals surface area contributed by atoms with Gasteiger partial charge in [-0.05, 0) is 34.2 Å². The Bertz CT molecular complexity index is 309. The lowest BCUT2D eigenvalue weighted by Crippen LogP contribution is -2.10. The Morgan fingerprint density at radius 3 is 2.31 bits per heavy atom. The van der Waals surface area contributed by atoms with Crippen molar-refractivity contribution in [1.82, 2.24) is 0 Å². The molecule has 0 atom stereocenters. The first-order valence-corrected chi connectivity index (χ1v) is 4.38. The van der Waals surface area contributed by atoms with Gasteiger partial charge in [-0.25, -0.2) is 0 Å². The van der Waals surface area contributed by atoms with Crippen molar-refractivity contribution in [2.45, 2.75) is 6.18 Å². The van der Waals surface area contributed by atoms with Crippen LogP contribution in [0.4, 0.5) is 13.2 Å². The number of hydrogen-bond donors (Lipinski definition) is 1. The molecule has 71 valence electrons. The Morgan fingerprint density at radius 2 is 1.92 bits per heavy atom. The molecule has 0 saturated heterocycles. The molecule has 0 amide bonds. The number of halogens is 4. The van der Waals surface area contributed by atoms with Crippen LogP contribution in [0.3, 0.4) is 0 Å². The van der Waals surface area contributed by atoms with Gasteiger partial charge in [-0.15, -0.1) is 0 Å². The van der Waals surface area contributed by atoms with Gasteiger partial charge in [-0.2, -0.15) is 13.2 Å². The Hall–Kier alpha value is -0.300. The summed E-state index contributed by atoms with van der Waals surface area (Å²) >= 11 is 1.58. The molecule has 5 heteroatoms. The predicted octanol–water partition coefficient (Wildman–Crippen LogP) is 3.19. The molecule has 1 N–H and O–H groups in total. The lowest BCUT2D eigenvalue weighted by molar-refractivity contribution is -0.138. The first-order chi connectivity index (χ1) is 5.96. The van der Waals surface area contributed by atoms with Crippen molar-refractivity contribution in [1.29, 1.82) is 0 Å². The highest BCUT2D eigenvalue weighted by Crippen LogP contribution is 2.35. The zero-order valence-electron chi connectivity index (χ0n) is 6.27. The Kier molecular flexibility index (Phi) is 3.18. The molecular weight excluding hydrogens is 296 g/mol.